The van der Waals surface area contributed by atoms with Crippen molar-refractivity contribution in [3.63, 3.8) is 0 Å². The molecule has 2 aromatic rings. The van der Waals surface area contributed by atoms with Crippen molar-refractivity contribution < 1.29 is 0 Å². The first-order valence-electron chi connectivity index (χ1n) is 4.55. The first-order chi connectivity index (χ1) is 6.79. The lowest BCUT2D eigenvalue weighted by atomic mass is 9.99. The summed E-state index contributed by atoms with van der Waals surface area (Å²) in [6.07, 6.45) is 0. The van der Waals surface area contributed by atoms with Crippen molar-refractivity contribution in [2.75, 3.05) is 5.73 Å². The number of nitrogen functional groups attached to an aromatic ring is 1. The van der Waals surface area contributed by atoms with E-state index in [4.69, 9.17) is 5.73 Å². The molecule has 0 aliphatic heterocycles. The number of nitrogens with two attached hydrogens (primary N) is 1. The molecule has 2 N–H and O–H groups in total. The molecule has 1 heteroatoms. The third-order valence-electron chi connectivity index (χ3n) is 2.27. The zero-order valence-electron chi connectivity index (χ0n) is 7.90. The van der Waals surface area contributed by atoms with Gasteiger partial charge in [-0.05, 0) is 24.1 Å². The van der Waals surface area contributed by atoms with Crippen LogP contribution in [-0.4, -0.2) is 0 Å². The highest BCUT2D eigenvalue weighted by Gasteiger charge is 2.02. The van der Waals surface area contributed by atoms with Crippen LogP contribution in [0.25, 0.3) is 11.1 Å². The minimum absolute atomic E-state index is 0.795. The van der Waals surface area contributed by atoms with Gasteiger partial charge in [0.1, 0.15) is 0 Å². The molecule has 1 nitrogen and oxygen atoms in total. The third-order valence-corrected chi connectivity index (χ3v) is 2.27. The van der Waals surface area contributed by atoms with Crippen LogP contribution >= 0.6 is 0 Å². The molecular formula is C13H12N. The second-order valence-electron chi connectivity index (χ2n) is 3.24. The molecule has 0 spiro atoms. The van der Waals surface area contributed by atoms with E-state index in [1.807, 2.05) is 48.5 Å². The zero-order chi connectivity index (χ0) is 9.97. The molecule has 0 saturated carbocycles. The van der Waals surface area contributed by atoms with Crippen LogP contribution in [0.5, 0.6) is 0 Å². The normalized spacial score (nSPS) is 10.1. The van der Waals surface area contributed by atoms with Crippen LogP contribution in [0, 0.1) is 6.92 Å². The van der Waals surface area contributed by atoms with Gasteiger partial charge in [-0.1, -0.05) is 42.5 Å². The van der Waals surface area contributed by atoms with E-state index in [0.717, 1.165) is 22.4 Å². The maximum absolute atomic E-state index is 5.89. The smallest absolute Gasteiger partial charge is 0.0393 e. The zero-order valence-corrected chi connectivity index (χ0v) is 7.90. The van der Waals surface area contributed by atoms with E-state index < -0.39 is 0 Å². The Morgan fingerprint density at radius 2 is 1.36 bits per heavy atom. The van der Waals surface area contributed by atoms with Crippen LogP contribution in [0.15, 0.2) is 48.5 Å². The predicted octanol–water partition coefficient (Wildman–Crippen LogP) is 3.12. The van der Waals surface area contributed by atoms with E-state index >= 15 is 0 Å². The third kappa shape index (κ3) is 1.49. The van der Waals surface area contributed by atoms with Gasteiger partial charge in [-0.15, -0.1) is 0 Å². The minimum Gasteiger partial charge on any atom is -0.398 e. The van der Waals surface area contributed by atoms with Crippen molar-refractivity contribution in [2.24, 2.45) is 0 Å². The summed E-state index contributed by atoms with van der Waals surface area (Å²) in [6.45, 7) is 3.98. The predicted molar refractivity (Wildman–Crippen MR) is 60.7 cm³/mol. The molecule has 0 fully saturated rings. The van der Waals surface area contributed by atoms with Crippen molar-refractivity contribution in [3.8, 4) is 11.1 Å². The van der Waals surface area contributed by atoms with Gasteiger partial charge in [0.25, 0.3) is 0 Å². The topological polar surface area (TPSA) is 26.0 Å². The van der Waals surface area contributed by atoms with Crippen LogP contribution in [0.1, 0.15) is 5.56 Å². The molecule has 2 rings (SSSR count). The average molecular weight is 182 g/mol. The Bertz CT molecular complexity index is 403. The SMILES string of the molecule is [CH2]c1ccccc1-c1ccccc1N. The Morgan fingerprint density at radius 3 is 2.00 bits per heavy atom. The molecule has 69 valence electrons. The molecular weight excluding hydrogens is 170 g/mol. The van der Waals surface area contributed by atoms with Gasteiger partial charge in [-0.2, -0.15) is 0 Å². The van der Waals surface area contributed by atoms with E-state index in [-0.39, 0.29) is 0 Å². The van der Waals surface area contributed by atoms with Crippen molar-refractivity contribution >= 4 is 5.69 Å². The summed E-state index contributed by atoms with van der Waals surface area (Å²) in [5.41, 5.74) is 9.85. The van der Waals surface area contributed by atoms with Gasteiger partial charge in [0.2, 0.25) is 0 Å². The molecule has 0 aromatic heterocycles. The first-order valence-corrected chi connectivity index (χ1v) is 4.55. The van der Waals surface area contributed by atoms with Gasteiger partial charge >= 0.3 is 0 Å². The summed E-state index contributed by atoms with van der Waals surface area (Å²) in [4.78, 5) is 0. The Labute approximate surface area is 84.2 Å². The highest BCUT2D eigenvalue weighted by molar-refractivity contribution is 5.78. The monoisotopic (exact) mass is 182 g/mol. The molecule has 14 heavy (non-hydrogen) atoms. The van der Waals surface area contributed by atoms with Gasteiger partial charge in [-0.3, -0.25) is 0 Å². The van der Waals surface area contributed by atoms with Crippen molar-refractivity contribution in [3.05, 3.63) is 61.0 Å². The Hall–Kier alpha value is -1.76. The van der Waals surface area contributed by atoms with Crippen molar-refractivity contribution in [2.45, 2.75) is 0 Å². The second-order valence-corrected chi connectivity index (χ2v) is 3.24. The Balaban J connectivity index is 2.61. The molecule has 0 aliphatic rings. The molecule has 2 aromatic carbocycles. The molecule has 0 atom stereocenters. The van der Waals surface area contributed by atoms with Crippen molar-refractivity contribution in [1.82, 2.24) is 0 Å². The number of anilines is 1. The molecule has 0 heterocycles. The first kappa shape index (κ1) is 8.82. The molecule has 0 unspecified atom stereocenters. The lowest BCUT2D eigenvalue weighted by Gasteiger charge is -2.07. The summed E-state index contributed by atoms with van der Waals surface area (Å²) < 4.78 is 0. The fraction of sp³-hybridized carbons (Fsp3) is 0. The van der Waals surface area contributed by atoms with Gasteiger partial charge in [0.05, 0.1) is 0 Å². The fourth-order valence-electron chi connectivity index (χ4n) is 1.53. The maximum atomic E-state index is 5.89. The van der Waals surface area contributed by atoms with Gasteiger partial charge in [0.15, 0.2) is 0 Å². The molecule has 0 bridgehead atoms. The van der Waals surface area contributed by atoms with Gasteiger partial charge in [-0.25, -0.2) is 0 Å². The van der Waals surface area contributed by atoms with Crippen LogP contribution in [0.2, 0.25) is 0 Å². The van der Waals surface area contributed by atoms with Gasteiger partial charge in [0, 0.05) is 11.3 Å². The van der Waals surface area contributed by atoms with Crippen LogP contribution in [0.4, 0.5) is 5.69 Å². The number of rotatable bonds is 1. The van der Waals surface area contributed by atoms with Gasteiger partial charge < -0.3 is 5.73 Å². The highest BCUT2D eigenvalue weighted by Crippen LogP contribution is 2.27. The molecule has 0 amide bonds. The fourth-order valence-corrected chi connectivity index (χ4v) is 1.53. The number of para-hydroxylation sites is 1. The molecule has 1 radical (unpaired) electrons. The second kappa shape index (κ2) is 3.54. The lowest BCUT2D eigenvalue weighted by molar-refractivity contribution is 1.56. The standard InChI is InChI=1S/C13H12N/c1-10-6-2-3-7-11(10)12-8-4-5-9-13(12)14/h2-9H,1,14H2. The highest BCUT2D eigenvalue weighted by atomic mass is 14.6. The average Bonchev–Trinajstić information content (AvgIpc) is 2.20. The number of benzene rings is 2. The summed E-state index contributed by atoms with van der Waals surface area (Å²) in [5, 5.41) is 0. The number of hydrogen-bond donors (Lipinski definition) is 1. The van der Waals surface area contributed by atoms with E-state index in [9.17, 15) is 0 Å². The van der Waals surface area contributed by atoms with E-state index in [1.165, 1.54) is 0 Å². The van der Waals surface area contributed by atoms with E-state index in [1.54, 1.807) is 0 Å². The largest absolute Gasteiger partial charge is 0.398 e. The summed E-state index contributed by atoms with van der Waals surface area (Å²) in [6, 6.07) is 15.8. The van der Waals surface area contributed by atoms with Crippen LogP contribution in [-0.2, 0) is 0 Å². The quantitative estimate of drug-likeness (QED) is 0.674. The Kier molecular flexibility index (Phi) is 2.23. The maximum Gasteiger partial charge on any atom is 0.0393 e. The minimum atomic E-state index is 0.795. The van der Waals surface area contributed by atoms with E-state index in [0.29, 0.717) is 0 Å². The molecule has 0 aliphatic carbocycles. The van der Waals surface area contributed by atoms with Crippen LogP contribution < -0.4 is 5.73 Å². The summed E-state index contributed by atoms with van der Waals surface area (Å²) in [5.74, 6) is 0. The summed E-state index contributed by atoms with van der Waals surface area (Å²) >= 11 is 0. The Morgan fingerprint density at radius 1 is 0.786 bits per heavy atom. The lowest BCUT2D eigenvalue weighted by Crippen LogP contribution is -1.90. The van der Waals surface area contributed by atoms with E-state index in [2.05, 4.69) is 6.92 Å². The van der Waals surface area contributed by atoms with Crippen LogP contribution in [0.3, 0.4) is 0 Å². The summed E-state index contributed by atoms with van der Waals surface area (Å²) in [7, 11) is 0. The number of hydrogen-bond acceptors (Lipinski definition) is 1. The molecule has 0 saturated heterocycles. The van der Waals surface area contributed by atoms with Crippen molar-refractivity contribution in [1.29, 1.82) is 0 Å².